The molecular weight excluding hydrogens is 243 g/mol. The van der Waals surface area contributed by atoms with Crippen molar-refractivity contribution in [1.82, 2.24) is 0 Å². The molecule has 0 saturated carbocycles. The molecule has 80 valence electrons. The second kappa shape index (κ2) is 6.32. The molecule has 0 aliphatic rings. The molecule has 0 aromatic carbocycles. The van der Waals surface area contributed by atoms with Crippen molar-refractivity contribution >= 4 is 0 Å². The fraction of sp³-hybridized carbons (Fsp3) is 1.00. The molecule has 2 nitrogen and oxygen atoms in total. The van der Waals surface area contributed by atoms with Gasteiger partial charge in [0.25, 0.3) is 0 Å². The van der Waals surface area contributed by atoms with Crippen LogP contribution in [-0.4, -0.2) is 12.2 Å². The third-order valence-corrected chi connectivity index (χ3v) is 11.7. The molecule has 0 radical (unpaired) electrons. The van der Waals surface area contributed by atoms with Gasteiger partial charge in [0.05, 0.1) is 0 Å². The van der Waals surface area contributed by atoms with Crippen LogP contribution in [0.2, 0.25) is 8.26 Å². The summed E-state index contributed by atoms with van der Waals surface area (Å²) in [7, 11) is 0. The van der Waals surface area contributed by atoms with Crippen LogP contribution in [-0.2, 0) is 26.8 Å². The Kier molecular flexibility index (Phi) is 6.71. The van der Waals surface area contributed by atoms with Gasteiger partial charge in [-0.1, -0.05) is 0 Å². The van der Waals surface area contributed by atoms with Crippen molar-refractivity contribution in [2.24, 2.45) is 0 Å². The summed E-state index contributed by atoms with van der Waals surface area (Å²) in [5.41, 5.74) is 0. The van der Waals surface area contributed by atoms with Crippen LogP contribution in [0.25, 0.3) is 0 Å². The maximum absolute atomic E-state index is 6.03. The van der Waals surface area contributed by atoms with Crippen LogP contribution in [0.15, 0.2) is 0 Å². The van der Waals surface area contributed by atoms with Gasteiger partial charge in [0, 0.05) is 0 Å². The minimum absolute atomic E-state index is 0.314. The van der Waals surface area contributed by atoms with Crippen LogP contribution in [0.1, 0.15) is 41.5 Å². The van der Waals surface area contributed by atoms with Crippen molar-refractivity contribution in [3.63, 3.8) is 0 Å². The predicted octanol–water partition coefficient (Wildman–Crippen LogP) is 3.70. The van der Waals surface area contributed by atoms with E-state index in [0.717, 1.165) is 8.26 Å². The number of hydrogen-bond acceptors (Lipinski definition) is 2. The van der Waals surface area contributed by atoms with Crippen molar-refractivity contribution in [2.45, 2.75) is 62.0 Å². The summed E-state index contributed by atoms with van der Waals surface area (Å²) in [6.07, 6.45) is 0.629. The van der Waals surface area contributed by atoms with Crippen molar-refractivity contribution in [3.05, 3.63) is 0 Å². The van der Waals surface area contributed by atoms with E-state index >= 15 is 0 Å². The quantitative estimate of drug-likeness (QED) is 0.730. The Bertz CT molecular complexity index is 119. The zero-order valence-corrected chi connectivity index (χ0v) is 12.3. The zero-order chi connectivity index (χ0) is 10.5. The van der Waals surface area contributed by atoms with Crippen LogP contribution in [0.3, 0.4) is 0 Å². The molecule has 3 heteroatoms. The van der Waals surface area contributed by atoms with Gasteiger partial charge >= 0.3 is 88.8 Å². The molecule has 0 bridgehead atoms. The maximum atomic E-state index is 6.03. The van der Waals surface area contributed by atoms with E-state index in [0.29, 0.717) is 12.2 Å². The Labute approximate surface area is 88.6 Å². The van der Waals surface area contributed by atoms with E-state index < -0.39 is 21.1 Å². The van der Waals surface area contributed by atoms with Gasteiger partial charge in [-0.15, -0.1) is 0 Å². The van der Waals surface area contributed by atoms with E-state index in [9.17, 15) is 0 Å². The fourth-order valence-electron chi connectivity index (χ4n) is 1.47. The van der Waals surface area contributed by atoms with Crippen molar-refractivity contribution in [1.29, 1.82) is 0 Å². The molecule has 0 aromatic heterocycles. The molecule has 0 spiro atoms. The summed E-state index contributed by atoms with van der Waals surface area (Å²) in [6, 6.07) is 0. The van der Waals surface area contributed by atoms with Gasteiger partial charge < -0.3 is 0 Å². The van der Waals surface area contributed by atoms with Gasteiger partial charge in [-0.25, -0.2) is 0 Å². The molecule has 0 fully saturated rings. The molecule has 0 aromatic rings. The molecule has 0 heterocycles. The number of rotatable bonds is 6. The molecule has 0 aliphatic carbocycles. The van der Waals surface area contributed by atoms with E-state index in [-0.39, 0.29) is 0 Å². The first-order valence-electron chi connectivity index (χ1n) is 5.31. The summed E-state index contributed by atoms with van der Waals surface area (Å²) in [4.78, 5) is 0. The Balaban J connectivity index is 4.30. The molecule has 0 N–H and O–H groups in total. The van der Waals surface area contributed by atoms with Crippen LogP contribution < -0.4 is 0 Å². The zero-order valence-electron chi connectivity index (χ0n) is 9.89. The normalized spacial score (nSPS) is 12.9. The summed E-state index contributed by atoms with van der Waals surface area (Å²) < 4.78 is 14.3. The van der Waals surface area contributed by atoms with Gasteiger partial charge in [-0.3, -0.25) is 0 Å². The molecular formula is C10H24O2Zr. The molecule has 0 atom stereocenters. The molecule has 0 aliphatic heterocycles. The summed E-state index contributed by atoms with van der Waals surface area (Å²) in [5, 5.41) is 0. The third kappa shape index (κ3) is 5.29. The van der Waals surface area contributed by atoms with Crippen molar-refractivity contribution in [3.8, 4) is 0 Å². The minimum atomic E-state index is -2.64. The Morgan fingerprint density at radius 3 is 1.31 bits per heavy atom. The Hall–Kier alpha value is 0.803. The summed E-state index contributed by atoms with van der Waals surface area (Å²) in [6.45, 7) is 12.8. The Morgan fingerprint density at radius 2 is 1.15 bits per heavy atom. The molecule has 0 unspecified atom stereocenters. The summed E-state index contributed by atoms with van der Waals surface area (Å²) in [5.74, 6) is 0. The van der Waals surface area contributed by atoms with Gasteiger partial charge in [0.2, 0.25) is 0 Å². The average Bonchev–Trinajstić information content (AvgIpc) is 2.01. The van der Waals surface area contributed by atoms with Crippen LogP contribution in [0, 0.1) is 0 Å². The van der Waals surface area contributed by atoms with Crippen LogP contribution in [0.5, 0.6) is 0 Å². The average molecular weight is 268 g/mol. The molecule has 0 rings (SSSR count). The van der Waals surface area contributed by atoms with E-state index in [4.69, 9.17) is 5.63 Å². The predicted molar refractivity (Wildman–Crippen MR) is 53.4 cm³/mol. The van der Waals surface area contributed by atoms with Gasteiger partial charge in [0.15, 0.2) is 0 Å². The van der Waals surface area contributed by atoms with Gasteiger partial charge in [-0.2, -0.15) is 0 Å². The summed E-state index contributed by atoms with van der Waals surface area (Å²) >= 11 is -2.64. The molecule has 13 heavy (non-hydrogen) atoms. The van der Waals surface area contributed by atoms with Crippen LogP contribution >= 0.6 is 0 Å². The van der Waals surface area contributed by atoms with Crippen LogP contribution in [0.4, 0.5) is 0 Å². The van der Waals surface area contributed by atoms with Gasteiger partial charge in [-0.05, 0) is 0 Å². The first kappa shape index (κ1) is 13.8. The Morgan fingerprint density at radius 1 is 0.846 bits per heavy atom. The topological polar surface area (TPSA) is 18.5 Å². The molecule has 0 saturated heterocycles. The van der Waals surface area contributed by atoms with E-state index in [1.165, 1.54) is 0 Å². The van der Waals surface area contributed by atoms with E-state index in [1.807, 2.05) is 0 Å². The SMILES string of the molecule is C[CH2][Zr]([CH2]C)([O]C(C)C)[O]C(C)C. The fourth-order valence-corrected chi connectivity index (χ4v) is 8.70. The first-order chi connectivity index (χ1) is 5.95. The second-order valence-electron chi connectivity index (χ2n) is 3.95. The van der Waals surface area contributed by atoms with E-state index in [2.05, 4.69) is 41.5 Å². The number of hydrogen-bond donors (Lipinski definition) is 0. The third-order valence-electron chi connectivity index (χ3n) is 1.98. The van der Waals surface area contributed by atoms with Crippen molar-refractivity contribution < 1.29 is 26.8 Å². The molecule has 0 amide bonds. The standard InChI is InChI=1S/2C3H7O.2C2H5.Zr/c2*1-3(2)4;2*1-2;/h2*3H,1-2H3;2*1H2,2H3;/q2*-1;;;+2. The first-order valence-corrected chi connectivity index (χ1v) is 10.8. The second-order valence-corrected chi connectivity index (χ2v) is 13.1. The van der Waals surface area contributed by atoms with E-state index in [1.54, 1.807) is 0 Å². The monoisotopic (exact) mass is 266 g/mol. The van der Waals surface area contributed by atoms with Gasteiger partial charge in [0.1, 0.15) is 0 Å². The van der Waals surface area contributed by atoms with Crippen molar-refractivity contribution in [2.75, 3.05) is 0 Å².